The molecule has 0 bridgehead atoms. The fourth-order valence-electron chi connectivity index (χ4n) is 1.35. The first-order valence-corrected chi connectivity index (χ1v) is 4.42. The van der Waals surface area contributed by atoms with Gasteiger partial charge in [-0.15, -0.1) is 0 Å². The summed E-state index contributed by atoms with van der Waals surface area (Å²) in [6.45, 7) is 4.02. The monoisotopic (exact) mass is 172 g/mol. The SMILES string of the molecule is CCC(CC1OC1C)C(=O)OC. The Hall–Kier alpha value is -0.570. The van der Waals surface area contributed by atoms with E-state index in [4.69, 9.17) is 4.74 Å². The second-order valence-electron chi connectivity index (χ2n) is 3.24. The minimum atomic E-state index is -0.111. The van der Waals surface area contributed by atoms with Gasteiger partial charge in [0.1, 0.15) is 0 Å². The molecular weight excluding hydrogens is 156 g/mol. The molecule has 3 nitrogen and oxygen atoms in total. The third-order valence-electron chi connectivity index (χ3n) is 2.38. The molecular formula is C9H16O3. The predicted molar refractivity (Wildman–Crippen MR) is 44.7 cm³/mol. The lowest BCUT2D eigenvalue weighted by molar-refractivity contribution is -0.145. The van der Waals surface area contributed by atoms with Gasteiger partial charge in [0.15, 0.2) is 0 Å². The molecule has 1 saturated heterocycles. The average Bonchev–Trinajstić information content (AvgIpc) is 2.76. The first-order chi connectivity index (χ1) is 5.69. The highest BCUT2D eigenvalue weighted by atomic mass is 16.6. The number of epoxide rings is 1. The van der Waals surface area contributed by atoms with Crippen molar-refractivity contribution >= 4 is 5.97 Å². The summed E-state index contributed by atoms with van der Waals surface area (Å²) < 4.78 is 9.91. The smallest absolute Gasteiger partial charge is 0.308 e. The predicted octanol–water partition coefficient (Wildman–Crippen LogP) is 1.36. The summed E-state index contributed by atoms with van der Waals surface area (Å²) in [4.78, 5) is 11.1. The first kappa shape index (κ1) is 9.52. The van der Waals surface area contributed by atoms with E-state index < -0.39 is 0 Å². The van der Waals surface area contributed by atoms with Crippen LogP contribution in [0, 0.1) is 5.92 Å². The van der Waals surface area contributed by atoms with Crippen LogP contribution in [0.5, 0.6) is 0 Å². The quantitative estimate of drug-likeness (QED) is 0.475. The minimum Gasteiger partial charge on any atom is -0.469 e. The molecule has 0 saturated carbocycles. The fourth-order valence-corrected chi connectivity index (χ4v) is 1.35. The van der Waals surface area contributed by atoms with Gasteiger partial charge < -0.3 is 9.47 Å². The Morgan fingerprint density at radius 1 is 1.67 bits per heavy atom. The molecule has 3 unspecified atom stereocenters. The normalized spacial score (nSPS) is 29.6. The van der Waals surface area contributed by atoms with Crippen LogP contribution in [0.3, 0.4) is 0 Å². The van der Waals surface area contributed by atoms with E-state index in [-0.39, 0.29) is 18.0 Å². The van der Waals surface area contributed by atoms with E-state index in [0.717, 1.165) is 12.8 Å². The van der Waals surface area contributed by atoms with Crippen molar-refractivity contribution in [3.05, 3.63) is 0 Å². The van der Waals surface area contributed by atoms with Gasteiger partial charge in [0, 0.05) is 0 Å². The van der Waals surface area contributed by atoms with Gasteiger partial charge in [0.2, 0.25) is 0 Å². The summed E-state index contributed by atoms with van der Waals surface area (Å²) in [5.41, 5.74) is 0. The Labute approximate surface area is 73.0 Å². The van der Waals surface area contributed by atoms with E-state index in [2.05, 4.69) is 4.74 Å². The Balaban J connectivity index is 2.30. The summed E-state index contributed by atoms with van der Waals surface area (Å²) in [5, 5.41) is 0. The highest BCUT2D eigenvalue weighted by molar-refractivity contribution is 5.72. The van der Waals surface area contributed by atoms with Gasteiger partial charge in [0.05, 0.1) is 25.2 Å². The molecule has 3 heteroatoms. The number of hydrogen-bond donors (Lipinski definition) is 0. The molecule has 70 valence electrons. The van der Waals surface area contributed by atoms with E-state index in [9.17, 15) is 4.79 Å². The molecule has 0 spiro atoms. The van der Waals surface area contributed by atoms with Gasteiger partial charge in [-0.3, -0.25) is 4.79 Å². The molecule has 1 fully saturated rings. The molecule has 1 aliphatic rings. The van der Waals surface area contributed by atoms with E-state index in [1.54, 1.807) is 0 Å². The zero-order chi connectivity index (χ0) is 9.14. The first-order valence-electron chi connectivity index (χ1n) is 4.42. The van der Waals surface area contributed by atoms with Crippen LogP contribution < -0.4 is 0 Å². The number of rotatable bonds is 4. The maximum absolute atomic E-state index is 11.1. The van der Waals surface area contributed by atoms with Crippen molar-refractivity contribution in [2.45, 2.75) is 38.9 Å². The lowest BCUT2D eigenvalue weighted by Crippen LogP contribution is -2.17. The highest BCUT2D eigenvalue weighted by Crippen LogP contribution is 2.29. The zero-order valence-corrected chi connectivity index (χ0v) is 7.87. The van der Waals surface area contributed by atoms with Crippen molar-refractivity contribution in [1.82, 2.24) is 0 Å². The summed E-state index contributed by atoms with van der Waals surface area (Å²) >= 11 is 0. The van der Waals surface area contributed by atoms with E-state index in [1.807, 2.05) is 13.8 Å². The van der Waals surface area contributed by atoms with Crippen molar-refractivity contribution in [1.29, 1.82) is 0 Å². The van der Waals surface area contributed by atoms with Crippen molar-refractivity contribution in [3.8, 4) is 0 Å². The molecule has 0 N–H and O–H groups in total. The zero-order valence-electron chi connectivity index (χ0n) is 7.87. The summed E-state index contributed by atoms with van der Waals surface area (Å²) in [6, 6.07) is 0. The summed E-state index contributed by atoms with van der Waals surface area (Å²) in [7, 11) is 1.43. The molecule has 1 aliphatic heterocycles. The third kappa shape index (κ3) is 2.21. The third-order valence-corrected chi connectivity index (χ3v) is 2.38. The molecule has 0 amide bonds. The second-order valence-corrected chi connectivity index (χ2v) is 3.24. The van der Waals surface area contributed by atoms with Crippen LogP contribution in [0.2, 0.25) is 0 Å². The van der Waals surface area contributed by atoms with Crippen molar-refractivity contribution in [2.24, 2.45) is 5.92 Å². The van der Waals surface area contributed by atoms with Gasteiger partial charge >= 0.3 is 5.97 Å². The molecule has 0 radical (unpaired) electrons. The maximum Gasteiger partial charge on any atom is 0.308 e. The molecule has 0 aliphatic carbocycles. The van der Waals surface area contributed by atoms with Crippen molar-refractivity contribution < 1.29 is 14.3 Å². The molecule has 12 heavy (non-hydrogen) atoms. The number of carbonyl (C=O) groups excluding carboxylic acids is 1. The van der Waals surface area contributed by atoms with Crippen LogP contribution in [0.15, 0.2) is 0 Å². The van der Waals surface area contributed by atoms with Crippen LogP contribution in [-0.4, -0.2) is 25.3 Å². The second kappa shape index (κ2) is 3.90. The lowest BCUT2D eigenvalue weighted by atomic mass is 10.00. The number of carbonyl (C=O) groups is 1. The van der Waals surface area contributed by atoms with Crippen LogP contribution in [0.4, 0.5) is 0 Å². The number of esters is 1. The van der Waals surface area contributed by atoms with Gasteiger partial charge in [-0.25, -0.2) is 0 Å². The lowest BCUT2D eigenvalue weighted by Gasteiger charge is -2.09. The van der Waals surface area contributed by atoms with Crippen LogP contribution in [-0.2, 0) is 14.3 Å². The van der Waals surface area contributed by atoms with Gasteiger partial charge in [-0.05, 0) is 19.8 Å². The molecule has 3 atom stereocenters. The molecule has 0 aromatic carbocycles. The number of methoxy groups -OCH3 is 1. The van der Waals surface area contributed by atoms with Gasteiger partial charge in [0.25, 0.3) is 0 Å². The van der Waals surface area contributed by atoms with Gasteiger partial charge in [-0.2, -0.15) is 0 Å². The van der Waals surface area contributed by atoms with Crippen LogP contribution >= 0.6 is 0 Å². The van der Waals surface area contributed by atoms with E-state index >= 15 is 0 Å². The number of hydrogen-bond acceptors (Lipinski definition) is 3. The van der Waals surface area contributed by atoms with Crippen LogP contribution in [0.1, 0.15) is 26.7 Å². The highest BCUT2D eigenvalue weighted by Gasteiger charge is 2.37. The molecule has 1 heterocycles. The van der Waals surface area contributed by atoms with Crippen molar-refractivity contribution in [2.75, 3.05) is 7.11 Å². The Kier molecular flexibility index (Phi) is 3.09. The Morgan fingerprint density at radius 3 is 2.58 bits per heavy atom. The summed E-state index contributed by atoms with van der Waals surface area (Å²) in [5.74, 6) is -0.0925. The van der Waals surface area contributed by atoms with Gasteiger partial charge in [-0.1, -0.05) is 6.92 Å². The van der Waals surface area contributed by atoms with E-state index in [1.165, 1.54) is 7.11 Å². The fraction of sp³-hybridized carbons (Fsp3) is 0.889. The Bertz CT molecular complexity index is 167. The molecule has 1 rings (SSSR count). The Morgan fingerprint density at radius 2 is 2.25 bits per heavy atom. The van der Waals surface area contributed by atoms with Crippen molar-refractivity contribution in [3.63, 3.8) is 0 Å². The van der Waals surface area contributed by atoms with E-state index in [0.29, 0.717) is 6.10 Å². The molecule has 0 aromatic heterocycles. The topological polar surface area (TPSA) is 38.8 Å². The average molecular weight is 172 g/mol. The molecule has 0 aromatic rings. The largest absolute Gasteiger partial charge is 0.469 e. The minimum absolute atomic E-state index is 0.0185. The summed E-state index contributed by atoms with van der Waals surface area (Å²) in [6.07, 6.45) is 2.27. The number of ether oxygens (including phenoxy) is 2. The van der Waals surface area contributed by atoms with Crippen LogP contribution in [0.25, 0.3) is 0 Å². The maximum atomic E-state index is 11.1. The standard InChI is InChI=1S/C9H16O3/c1-4-7(9(10)11-3)5-8-6(2)12-8/h6-8H,4-5H2,1-3H3.